The fraction of sp³-hybridized carbons (Fsp3) is 0.500. The summed E-state index contributed by atoms with van der Waals surface area (Å²) in [4.78, 5) is 13.9. The average molecular weight is 321 g/mol. The molecule has 1 saturated carbocycles. The molecule has 1 amide bonds. The number of nitrogens with two attached hydrogens (primary N) is 1. The molecule has 0 spiro atoms. The largest absolute Gasteiger partial charge is 0.342 e. The average Bonchev–Trinajstić information content (AvgIpc) is 3.16. The summed E-state index contributed by atoms with van der Waals surface area (Å²) >= 11 is 6.02. The maximum absolute atomic E-state index is 13.8. The minimum atomic E-state index is -0.331. The third kappa shape index (κ3) is 3.25. The maximum atomic E-state index is 13.8. The molecule has 1 aliphatic carbocycles. The van der Waals surface area contributed by atoms with Crippen molar-refractivity contribution in [3.8, 4) is 0 Å². The Balaban J connectivity index is 0.00000200. The van der Waals surface area contributed by atoms with Crippen LogP contribution in [0.5, 0.6) is 0 Å². The summed E-state index contributed by atoms with van der Waals surface area (Å²) in [5.74, 6) is -0.591. The lowest BCUT2D eigenvalue weighted by Gasteiger charge is -2.23. The van der Waals surface area contributed by atoms with Crippen LogP contribution in [0.4, 0.5) is 4.39 Å². The van der Waals surface area contributed by atoms with Crippen LogP contribution >= 0.6 is 24.0 Å². The van der Waals surface area contributed by atoms with Crippen molar-refractivity contribution in [2.75, 3.05) is 13.6 Å². The Morgan fingerprint density at radius 3 is 2.80 bits per heavy atom. The van der Waals surface area contributed by atoms with Gasteiger partial charge in [-0.2, -0.15) is 0 Å². The van der Waals surface area contributed by atoms with Crippen molar-refractivity contribution in [2.45, 2.75) is 25.3 Å². The van der Waals surface area contributed by atoms with Crippen molar-refractivity contribution in [2.24, 2.45) is 11.7 Å². The SMILES string of the molecule is CC(CN)N(C)C(=O)C1CC1c1c(F)cccc1Cl.Cl. The number of amides is 1. The molecule has 1 aromatic carbocycles. The summed E-state index contributed by atoms with van der Waals surface area (Å²) in [6.07, 6.45) is 0.654. The molecule has 20 heavy (non-hydrogen) atoms. The third-order valence-electron chi connectivity index (χ3n) is 3.83. The zero-order valence-electron chi connectivity index (χ0n) is 11.5. The first-order valence-corrected chi connectivity index (χ1v) is 6.75. The quantitative estimate of drug-likeness (QED) is 0.927. The molecular formula is C14H19Cl2FN2O. The molecule has 2 rings (SSSR count). The van der Waals surface area contributed by atoms with Gasteiger partial charge in [-0.05, 0) is 25.5 Å². The van der Waals surface area contributed by atoms with E-state index in [4.69, 9.17) is 17.3 Å². The number of benzene rings is 1. The van der Waals surface area contributed by atoms with Crippen LogP contribution < -0.4 is 5.73 Å². The van der Waals surface area contributed by atoms with E-state index in [2.05, 4.69) is 0 Å². The monoisotopic (exact) mass is 320 g/mol. The van der Waals surface area contributed by atoms with E-state index in [0.29, 0.717) is 23.6 Å². The molecule has 1 aliphatic rings. The molecule has 0 aliphatic heterocycles. The standard InChI is InChI=1S/C14H18ClFN2O.ClH/c1-8(7-17)18(2)14(19)10-6-9(10)13-11(15)4-3-5-12(13)16;/h3-5,8-10H,6-7,17H2,1-2H3;1H. The molecule has 0 saturated heterocycles. The first kappa shape index (κ1) is 17.2. The van der Waals surface area contributed by atoms with E-state index in [-0.39, 0.29) is 42.0 Å². The van der Waals surface area contributed by atoms with Crippen LogP contribution in [-0.4, -0.2) is 30.4 Å². The first-order chi connectivity index (χ1) is 8.97. The van der Waals surface area contributed by atoms with Crippen molar-refractivity contribution < 1.29 is 9.18 Å². The second kappa shape index (κ2) is 6.74. The molecule has 1 fully saturated rings. The normalized spacial score (nSPS) is 21.9. The van der Waals surface area contributed by atoms with Crippen LogP contribution in [0.25, 0.3) is 0 Å². The molecule has 3 nitrogen and oxygen atoms in total. The summed E-state index contributed by atoms with van der Waals surface area (Å²) in [5.41, 5.74) is 6.02. The Kier molecular flexibility index (Phi) is 5.80. The van der Waals surface area contributed by atoms with Gasteiger partial charge in [-0.15, -0.1) is 12.4 Å². The van der Waals surface area contributed by atoms with Gasteiger partial charge in [0, 0.05) is 42.1 Å². The summed E-state index contributed by atoms with van der Waals surface area (Å²) in [5, 5.41) is 0.398. The van der Waals surface area contributed by atoms with Gasteiger partial charge in [-0.1, -0.05) is 17.7 Å². The predicted molar refractivity (Wildman–Crippen MR) is 80.8 cm³/mol. The maximum Gasteiger partial charge on any atom is 0.226 e. The van der Waals surface area contributed by atoms with Crippen LogP contribution in [-0.2, 0) is 4.79 Å². The zero-order valence-corrected chi connectivity index (χ0v) is 13.0. The molecular weight excluding hydrogens is 302 g/mol. The van der Waals surface area contributed by atoms with E-state index in [9.17, 15) is 9.18 Å². The lowest BCUT2D eigenvalue weighted by Crippen LogP contribution is -2.40. The minimum Gasteiger partial charge on any atom is -0.342 e. The molecule has 1 aromatic rings. The van der Waals surface area contributed by atoms with E-state index < -0.39 is 0 Å². The van der Waals surface area contributed by atoms with E-state index in [0.717, 1.165) is 0 Å². The molecule has 0 bridgehead atoms. The Morgan fingerprint density at radius 1 is 1.60 bits per heavy atom. The molecule has 0 aromatic heterocycles. The first-order valence-electron chi connectivity index (χ1n) is 6.38. The Hall–Kier alpha value is -0.840. The number of hydrogen-bond acceptors (Lipinski definition) is 2. The summed E-state index contributed by atoms with van der Waals surface area (Å²) < 4.78 is 13.8. The van der Waals surface area contributed by atoms with Crippen molar-refractivity contribution >= 4 is 29.9 Å². The highest BCUT2D eigenvalue weighted by atomic mass is 35.5. The third-order valence-corrected chi connectivity index (χ3v) is 4.16. The van der Waals surface area contributed by atoms with Crippen molar-refractivity contribution in [3.05, 3.63) is 34.6 Å². The highest BCUT2D eigenvalue weighted by Gasteiger charge is 2.47. The predicted octanol–water partition coefficient (Wildman–Crippen LogP) is 2.81. The Morgan fingerprint density at radius 2 is 2.25 bits per heavy atom. The van der Waals surface area contributed by atoms with Crippen LogP contribution in [0.3, 0.4) is 0 Å². The molecule has 3 atom stereocenters. The Bertz CT molecular complexity index is 478. The summed E-state index contributed by atoms with van der Waals surface area (Å²) in [6.45, 7) is 2.31. The van der Waals surface area contributed by atoms with Crippen LogP contribution in [0.15, 0.2) is 18.2 Å². The molecule has 3 unspecified atom stereocenters. The van der Waals surface area contributed by atoms with Crippen LogP contribution in [0.1, 0.15) is 24.8 Å². The van der Waals surface area contributed by atoms with E-state index >= 15 is 0 Å². The topological polar surface area (TPSA) is 46.3 Å². The van der Waals surface area contributed by atoms with Gasteiger partial charge >= 0.3 is 0 Å². The van der Waals surface area contributed by atoms with Crippen molar-refractivity contribution in [3.63, 3.8) is 0 Å². The van der Waals surface area contributed by atoms with E-state index in [1.54, 1.807) is 24.1 Å². The Labute approximate surface area is 129 Å². The smallest absolute Gasteiger partial charge is 0.226 e. The highest BCUT2D eigenvalue weighted by Crippen LogP contribution is 2.51. The van der Waals surface area contributed by atoms with E-state index in [1.165, 1.54) is 6.07 Å². The molecule has 0 radical (unpaired) electrons. The molecule has 112 valence electrons. The second-order valence-electron chi connectivity index (χ2n) is 5.12. The van der Waals surface area contributed by atoms with Gasteiger partial charge in [-0.25, -0.2) is 4.39 Å². The van der Waals surface area contributed by atoms with Gasteiger partial charge in [0.1, 0.15) is 5.82 Å². The summed E-state index contributed by atoms with van der Waals surface area (Å²) in [7, 11) is 1.73. The highest BCUT2D eigenvalue weighted by molar-refractivity contribution is 6.31. The lowest BCUT2D eigenvalue weighted by atomic mass is 10.1. The molecule has 6 heteroatoms. The van der Waals surface area contributed by atoms with Gasteiger partial charge in [0.2, 0.25) is 5.91 Å². The fourth-order valence-corrected chi connectivity index (χ4v) is 2.59. The number of carbonyl (C=O) groups is 1. The van der Waals surface area contributed by atoms with Crippen molar-refractivity contribution in [1.82, 2.24) is 4.90 Å². The molecule has 2 N–H and O–H groups in total. The van der Waals surface area contributed by atoms with Crippen molar-refractivity contribution in [1.29, 1.82) is 0 Å². The van der Waals surface area contributed by atoms with Gasteiger partial charge in [0.05, 0.1) is 0 Å². The molecule has 0 heterocycles. The number of rotatable bonds is 4. The zero-order chi connectivity index (χ0) is 14.2. The lowest BCUT2D eigenvalue weighted by molar-refractivity contribution is -0.133. The van der Waals surface area contributed by atoms with E-state index in [1.807, 2.05) is 6.92 Å². The minimum absolute atomic E-state index is 0. The van der Waals surface area contributed by atoms with Crippen LogP contribution in [0.2, 0.25) is 5.02 Å². The number of likely N-dealkylation sites (N-methyl/N-ethyl adjacent to an activating group) is 1. The van der Waals surface area contributed by atoms with Gasteiger partial charge in [0.25, 0.3) is 0 Å². The van der Waals surface area contributed by atoms with Crippen LogP contribution in [0, 0.1) is 11.7 Å². The van der Waals surface area contributed by atoms with Gasteiger partial charge < -0.3 is 10.6 Å². The number of hydrogen-bond donors (Lipinski definition) is 1. The summed E-state index contributed by atoms with van der Waals surface area (Å²) in [6, 6.07) is 4.60. The number of nitrogens with zero attached hydrogens (tertiary/aromatic N) is 1. The number of carbonyl (C=O) groups excluding carboxylic acids is 1. The number of halogens is 3. The van der Waals surface area contributed by atoms with Gasteiger partial charge in [0.15, 0.2) is 0 Å². The van der Waals surface area contributed by atoms with Gasteiger partial charge in [-0.3, -0.25) is 4.79 Å². The fourth-order valence-electron chi connectivity index (χ4n) is 2.29. The second-order valence-corrected chi connectivity index (χ2v) is 5.53.